The highest BCUT2D eigenvalue weighted by atomic mass is 35.5. The molecule has 0 bridgehead atoms. The Morgan fingerprint density at radius 2 is 2.09 bits per heavy atom. The first kappa shape index (κ1) is 15.7. The Kier molecular flexibility index (Phi) is 4.85. The number of rotatable bonds is 4. The van der Waals surface area contributed by atoms with E-state index in [-0.39, 0.29) is 16.6 Å². The summed E-state index contributed by atoms with van der Waals surface area (Å²) in [5.74, 6) is -0.358. The van der Waals surface area contributed by atoms with E-state index >= 15 is 0 Å². The number of hydrogen-bond acceptors (Lipinski definition) is 4. The maximum atomic E-state index is 11.9. The maximum absolute atomic E-state index is 11.9. The number of carbonyl (C=O) groups excluding carboxylic acids is 1. The number of nitro groups is 1. The van der Waals surface area contributed by atoms with Gasteiger partial charge in [0.05, 0.1) is 11.1 Å². The highest BCUT2D eigenvalue weighted by Crippen LogP contribution is 2.24. The average Bonchev–Trinajstić information content (AvgIpc) is 2.48. The number of aryl methyl sites for hydroxylation is 1. The van der Waals surface area contributed by atoms with Gasteiger partial charge in [-0.1, -0.05) is 35.4 Å². The summed E-state index contributed by atoms with van der Waals surface area (Å²) in [6.07, 6.45) is 1.32. The van der Waals surface area contributed by atoms with Crippen molar-refractivity contribution in [3.8, 4) is 0 Å². The fourth-order valence-electron chi connectivity index (χ4n) is 1.77. The third-order valence-electron chi connectivity index (χ3n) is 2.83. The largest absolute Gasteiger partial charge is 0.288 e. The second-order valence-electron chi connectivity index (χ2n) is 4.54. The van der Waals surface area contributed by atoms with E-state index in [2.05, 4.69) is 10.5 Å². The zero-order valence-corrected chi connectivity index (χ0v) is 12.4. The maximum Gasteiger partial charge on any atom is 0.288 e. The smallest absolute Gasteiger partial charge is 0.267 e. The van der Waals surface area contributed by atoms with E-state index in [1.807, 2.05) is 13.0 Å². The van der Waals surface area contributed by atoms with Gasteiger partial charge in [0.2, 0.25) is 0 Å². The summed E-state index contributed by atoms with van der Waals surface area (Å²) in [6.45, 7) is 1.88. The van der Waals surface area contributed by atoms with Gasteiger partial charge < -0.3 is 0 Å². The lowest BCUT2D eigenvalue weighted by Crippen LogP contribution is -2.17. The average molecular weight is 318 g/mol. The Balaban J connectivity index is 2.08. The van der Waals surface area contributed by atoms with E-state index in [9.17, 15) is 14.9 Å². The zero-order chi connectivity index (χ0) is 16.1. The van der Waals surface area contributed by atoms with Crippen molar-refractivity contribution < 1.29 is 9.72 Å². The molecule has 7 heteroatoms. The second kappa shape index (κ2) is 6.82. The van der Waals surface area contributed by atoms with Crippen LogP contribution >= 0.6 is 11.6 Å². The number of nitro benzene ring substituents is 1. The number of benzene rings is 2. The zero-order valence-electron chi connectivity index (χ0n) is 11.6. The molecule has 2 aromatic carbocycles. The molecule has 0 aliphatic rings. The van der Waals surface area contributed by atoms with Gasteiger partial charge in [-0.05, 0) is 25.1 Å². The minimum absolute atomic E-state index is 0.0472. The number of nitrogens with zero attached hydrogens (tertiary/aromatic N) is 2. The van der Waals surface area contributed by atoms with Gasteiger partial charge in [-0.2, -0.15) is 5.10 Å². The van der Waals surface area contributed by atoms with Gasteiger partial charge in [-0.3, -0.25) is 14.9 Å². The Morgan fingerprint density at radius 3 is 2.77 bits per heavy atom. The van der Waals surface area contributed by atoms with Crippen LogP contribution in [0.5, 0.6) is 0 Å². The van der Waals surface area contributed by atoms with E-state index < -0.39 is 4.92 Å². The number of nitrogens with one attached hydrogen (secondary N) is 1. The van der Waals surface area contributed by atoms with Gasteiger partial charge in [0, 0.05) is 17.2 Å². The molecule has 2 rings (SSSR count). The molecular formula is C15H12ClN3O3. The number of halogens is 1. The first-order chi connectivity index (χ1) is 10.5. The Hall–Kier alpha value is -2.73. The molecule has 0 aliphatic heterocycles. The molecule has 0 heterocycles. The van der Waals surface area contributed by atoms with Crippen molar-refractivity contribution in [2.45, 2.75) is 6.92 Å². The van der Waals surface area contributed by atoms with Gasteiger partial charge in [-0.15, -0.1) is 0 Å². The topological polar surface area (TPSA) is 84.6 Å². The fourth-order valence-corrected chi connectivity index (χ4v) is 1.95. The van der Waals surface area contributed by atoms with E-state index in [0.29, 0.717) is 11.1 Å². The molecular weight excluding hydrogens is 306 g/mol. The van der Waals surface area contributed by atoms with Crippen molar-refractivity contribution in [1.29, 1.82) is 0 Å². The van der Waals surface area contributed by atoms with Crippen molar-refractivity contribution in [3.63, 3.8) is 0 Å². The predicted molar refractivity (Wildman–Crippen MR) is 84.3 cm³/mol. The van der Waals surface area contributed by atoms with Crippen LogP contribution in [0.2, 0.25) is 5.02 Å². The molecule has 0 radical (unpaired) electrons. The van der Waals surface area contributed by atoms with Crippen LogP contribution in [0, 0.1) is 17.0 Å². The summed E-state index contributed by atoms with van der Waals surface area (Å²) in [7, 11) is 0. The first-order valence-corrected chi connectivity index (χ1v) is 6.69. The third-order valence-corrected chi connectivity index (χ3v) is 3.15. The molecule has 0 spiro atoms. The summed E-state index contributed by atoms with van der Waals surface area (Å²) >= 11 is 5.71. The van der Waals surface area contributed by atoms with Gasteiger partial charge in [0.15, 0.2) is 0 Å². The highest BCUT2D eigenvalue weighted by Gasteiger charge is 2.11. The molecule has 2 aromatic rings. The van der Waals surface area contributed by atoms with Gasteiger partial charge in [-0.25, -0.2) is 5.43 Å². The molecule has 0 aromatic heterocycles. The van der Waals surface area contributed by atoms with Gasteiger partial charge in [0.25, 0.3) is 11.6 Å². The monoisotopic (exact) mass is 317 g/mol. The van der Waals surface area contributed by atoms with E-state index in [0.717, 1.165) is 5.56 Å². The SMILES string of the molecule is Cc1cccc(C(=O)N/N=C/c2ccc(Cl)c([N+](=O)[O-])c2)c1. The summed E-state index contributed by atoms with van der Waals surface area (Å²) in [5.41, 5.74) is 4.06. The Bertz CT molecular complexity index is 759. The molecule has 6 nitrogen and oxygen atoms in total. The molecule has 0 saturated carbocycles. The van der Waals surface area contributed by atoms with Crippen LogP contribution in [-0.4, -0.2) is 17.0 Å². The van der Waals surface area contributed by atoms with E-state index in [4.69, 9.17) is 11.6 Å². The quantitative estimate of drug-likeness (QED) is 0.533. The minimum atomic E-state index is -0.578. The van der Waals surface area contributed by atoms with Crippen LogP contribution in [0.25, 0.3) is 0 Å². The molecule has 0 saturated heterocycles. The van der Waals surface area contributed by atoms with Crippen LogP contribution in [0.4, 0.5) is 5.69 Å². The normalized spacial score (nSPS) is 10.6. The molecule has 0 unspecified atom stereocenters. The van der Waals surface area contributed by atoms with Gasteiger partial charge in [0.1, 0.15) is 5.02 Å². The highest BCUT2D eigenvalue weighted by molar-refractivity contribution is 6.32. The molecule has 112 valence electrons. The first-order valence-electron chi connectivity index (χ1n) is 6.31. The number of amides is 1. The minimum Gasteiger partial charge on any atom is -0.267 e. The lowest BCUT2D eigenvalue weighted by molar-refractivity contribution is -0.384. The van der Waals surface area contributed by atoms with Crippen molar-refractivity contribution in [2.24, 2.45) is 5.10 Å². The van der Waals surface area contributed by atoms with Crippen molar-refractivity contribution in [1.82, 2.24) is 5.43 Å². The molecule has 0 fully saturated rings. The van der Waals surface area contributed by atoms with E-state index in [1.165, 1.54) is 18.3 Å². The molecule has 0 aliphatic carbocycles. The Labute approximate surface area is 131 Å². The van der Waals surface area contributed by atoms with Crippen molar-refractivity contribution in [3.05, 3.63) is 74.3 Å². The predicted octanol–water partition coefficient (Wildman–Crippen LogP) is 3.32. The second-order valence-corrected chi connectivity index (χ2v) is 4.94. The van der Waals surface area contributed by atoms with Crippen LogP contribution < -0.4 is 5.43 Å². The third kappa shape index (κ3) is 3.89. The standard InChI is InChI=1S/C15H12ClN3O3/c1-10-3-2-4-12(7-10)15(20)18-17-9-11-5-6-13(16)14(8-11)19(21)22/h2-9H,1H3,(H,18,20)/b17-9+. The van der Waals surface area contributed by atoms with E-state index in [1.54, 1.807) is 24.3 Å². The summed E-state index contributed by atoms with van der Waals surface area (Å²) in [4.78, 5) is 22.1. The van der Waals surface area contributed by atoms with Crippen LogP contribution in [0.1, 0.15) is 21.5 Å². The Morgan fingerprint density at radius 1 is 1.32 bits per heavy atom. The fraction of sp³-hybridized carbons (Fsp3) is 0.0667. The van der Waals surface area contributed by atoms with Crippen LogP contribution in [-0.2, 0) is 0 Å². The van der Waals surface area contributed by atoms with Crippen molar-refractivity contribution >= 4 is 29.4 Å². The molecule has 1 amide bonds. The molecule has 1 N–H and O–H groups in total. The lowest BCUT2D eigenvalue weighted by atomic mass is 10.1. The summed E-state index contributed by atoms with van der Waals surface area (Å²) in [6, 6.07) is 11.3. The molecule has 22 heavy (non-hydrogen) atoms. The number of carbonyl (C=O) groups is 1. The van der Waals surface area contributed by atoms with Crippen LogP contribution in [0.3, 0.4) is 0 Å². The summed E-state index contributed by atoms with van der Waals surface area (Å²) < 4.78 is 0. The lowest BCUT2D eigenvalue weighted by Gasteiger charge is -2.01. The van der Waals surface area contributed by atoms with Crippen molar-refractivity contribution in [2.75, 3.05) is 0 Å². The number of hydrogen-bond donors (Lipinski definition) is 1. The van der Waals surface area contributed by atoms with Gasteiger partial charge >= 0.3 is 0 Å². The molecule has 0 atom stereocenters. The number of hydrazone groups is 1. The summed E-state index contributed by atoms with van der Waals surface area (Å²) in [5, 5.41) is 14.6. The van der Waals surface area contributed by atoms with Crippen LogP contribution in [0.15, 0.2) is 47.6 Å².